The van der Waals surface area contributed by atoms with Crippen molar-refractivity contribution in [3.63, 3.8) is 0 Å². The van der Waals surface area contributed by atoms with E-state index in [9.17, 15) is 9.90 Å². The van der Waals surface area contributed by atoms with Crippen LogP contribution in [0, 0.1) is 0 Å². The average molecular weight is 305 g/mol. The predicted octanol–water partition coefficient (Wildman–Crippen LogP) is 1.88. The van der Waals surface area contributed by atoms with Gasteiger partial charge in [0.2, 0.25) is 5.13 Å². The Labute approximate surface area is 126 Å². The van der Waals surface area contributed by atoms with Gasteiger partial charge in [0.15, 0.2) is 5.60 Å². The number of ether oxygens (including phenoxy) is 1. The minimum atomic E-state index is -1.14. The van der Waals surface area contributed by atoms with Crippen LogP contribution in [0.1, 0.15) is 6.42 Å². The maximum Gasteiger partial charge on any atom is 0.337 e. The van der Waals surface area contributed by atoms with Crippen LogP contribution in [0.4, 0.5) is 5.13 Å². The smallest absolute Gasteiger partial charge is 0.337 e. The van der Waals surface area contributed by atoms with Crippen LogP contribution in [0.25, 0.3) is 10.6 Å². The minimum Gasteiger partial charge on any atom is -0.479 e. The van der Waals surface area contributed by atoms with Crippen molar-refractivity contribution in [1.29, 1.82) is 0 Å². The number of carbonyl (C=O) groups is 1. The van der Waals surface area contributed by atoms with Gasteiger partial charge in [-0.2, -0.15) is 0 Å². The summed E-state index contributed by atoms with van der Waals surface area (Å²) < 4.78 is 5.22. The van der Waals surface area contributed by atoms with Gasteiger partial charge in [0.25, 0.3) is 0 Å². The third kappa shape index (κ3) is 2.50. The van der Waals surface area contributed by atoms with Gasteiger partial charge in [-0.25, -0.2) is 4.79 Å². The number of nitrogens with zero attached hydrogens (tertiary/aromatic N) is 3. The summed E-state index contributed by atoms with van der Waals surface area (Å²) >= 11 is 1.46. The number of methoxy groups -OCH3 is 1. The van der Waals surface area contributed by atoms with Crippen LogP contribution in [0.3, 0.4) is 0 Å². The lowest BCUT2D eigenvalue weighted by Crippen LogP contribution is -2.43. The number of aromatic nitrogens is 2. The topological polar surface area (TPSA) is 75.6 Å². The van der Waals surface area contributed by atoms with Crippen molar-refractivity contribution in [2.75, 3.05) is 25.1 Å². The molecule has 21 heavy (non-hydrogen) atoms. The van der Waals surface area contributed by atoms with E-state index in [0.29, 0.717) is 19.5 Å². The molecule has 7 heteroatoms. The summed E-state index contributed by atoms with van der Waals surface area (Å²) in [5, 5.41) is 19.3. The highest BCUT2D eigenvalue weighted by atomic mass is 32.1. The largest absolute Gasteiger partial charge is 0.479 e. The number of hydrogen-bond acceptors (Lipinski definition) is 6. The molecule has 0 spiro atoms. The van der Waals surface area contributed by atoms with Crippen molar-refractivity contribution < 1.29 is 14.6 Å². The molecule has 6 nitrogen and oxygen atoms in total. The molecule has 1 aliphatic rings. The van der Waals surface area contributed by atoms with Gasteiger partial charge in [-0.15, -0.1) is 10.2 Å². The third-order valence-corrected chi connectivity index (χ3v) is 4.75. The number of aliphatic carboxylic acids is 1. The maximum atomic E-state index is 11.4. The molecule has 0 amide bonds. The van der Waals surface area contributed by atoms with Crippen molar-refractivity contribution in [2.24, 2.45) is 0 Å². The lowest BCUT2D eigenvalue weighted by molar-refractivity contribution is -0.159. The monoisotopic (exact) mass is 305 g/mol. The third-order valence-electron chi connectivity index (χ3n) is 3.72. The Morgan fingerprint density at radius 1 is 1.38 bits per heavy atom. The Kier molecular flexibility index (Phi) is 3.60. The van der Waals surface area contributed by atoms with Gasteiger partial charge in [0, 0.05) is 25.6 Å². The standard InChI is InChI=1S/C14H15N3O3S/c1-20-14(12(18)19)7-8-17(9-14)13-16-15-11(21-13)10-5-3-2-4-6-10/h2-6H,7-9H2,1H3,(H,18,19). The molecule has 110 valence electrons. The quantitative estimate of drug-likeness (QED) is 0.929. The molecule has 0 saturated carbocycles. The lowest BCUT2D eigenvalue weighted by Gasteiger charge is -2.22. The summed E-state index contributed by atoms with van der Waals surface area (Å²) in [4.78, 5) is 13.3. The van der Waals surface area contributed by atoms with Crippen molar-refractivity contribution in [2.45, 2.75) is 12.0 Å². The molecule has 1 atom stereocenters. The average Bonchev–Trinajstić information content (AvgIpc) is 3.15. The number of hydrogen-bond donors (Lipinski definition) is 1. The molecule has 1 aromatic carbocycles. The first-order valence-corrected chi connectivity index (χ1v) is 7.39. The van der Waals surface area contributed by atoms with Crippen LogP contribution in [0.2, 0.25) is 0 Å². The predicted molar refractivity (Wildman–Crippen MR) is 79.6 cm³/mol. The Balaban J connectivity index is 1.81. The van der Waals surface area contributed by atoms with E-state index in [4.69, 9.17) is 4.74 Å². The van der Waals surface area contributed by atoms with E-state index in [-0.39, 0.29) is 0 Å². The molecule has 0 bridgehead atoms. The summed E-state index contributed by atoms with van der Waals surface area (Å²) in [6.07, 6.45) is 0.444. The van der Waals surface area contributed by atoms with E-state index in [1.54, 1.807) is 0 Å². The molecule has 1 saturated heterocycles. The van der Waals surface area contributed by atoms with Crippen LogP contribution < -0.4 is 4.90 Å². The zero-order valence-corrected chi connectivity index (χ0v) is 12.3. The van der Waals surface area contributed by atoms with Gasteiger partial charge in [-0.3, -0.25) is 0 Å². The number of benzene rings is 1. The van der Waals surface area contributed by atoms with Crippen molar-refractivity contribution in [3.8, 4) is 10.6 Å². The van der Waals surface area contributed by atoms with Gasteiger partial charge >= 0.3 is 5.97 Å². The summed E-state index contributed by atoms with van der Waals surface area (Å²) in [6.45, 7) is 0.895. The molecule has 2 aromatic rings. The maximum absolute atomic E-state index is 11.4. The molecule has 1 unspecified atom stereocenters. The first-order valence-electron chi connectivity index (χ1n) is 6.57. The van der Waals surface area contributed by atoms with E-state index in [2.05, 4.69) is 10.2 Å². The second-order valence-electron chi connectivity index (χ2n) is 4.93. The summed E-state index contributed by atoms with van der Waals surface area (Å²) in [5.41, 5.74) is -0.129. The summed E-state index contributed by atoms with van der Waals surface area (Å²) in [6, 6.07) is 9.81. The Morgan fingerprint density at radius 2 is 2.14 bits per heavy atom. The van der Waals surface area contributed by atoms with Gasteiger partial charge in [0.05, 0.1) is 6.54 Å². The SMILES string of the molecule is COC1(C(=O)O)CCN(c2nnc(-c3ccccc3)s2)C1. The van der Waals surface area contributed by atoms with Crippen LogP contribution in [0.5, 0.6) is 0 Å². The number of anilines is 1. The highest BCUT2D eigenvalue weighted by Gasteiger charge is 2.46. The van der Waals surface area contributed by atoms with E-state index < -0.39 is 11.6 Å². The van der Waals surface area contributed by atoms with Gasteiger partial charge in [-0.1, -0.05) is 41.7 Å². The van der Waals surface area contributed by atoms with Crippen LogP contribution in [0.15, 0.2) is 30.3 Å². The molecule has 1 aliphatic heterocycles. The lowest BCUT2D eigenvalue weighted by atomic mass is 10.0. The fourth-order valence-corrected chi connectivity index (χ4v) is 3.29. The Hall–Kier alpha value is -1.99. The molecule has 3 rings (SSSR count). The van der Waals surface area contributed by atoms with E-state index >= 15 is 0 Å². The van der Waals surface area contributed by atoms with E-state index in [1.807, 2.05) is 35.2 Å². The number of rotatable bonds is 4. The van der Waals surface area contributed by atoms with Gasteiger partial charge in [0.1, 0.15) is 5.01 Å². The zero-order valence-electron chi connectivity index (χ0n) is 11.5. The summed E-state index contributed by atoms with van der Waals surface area (Å²) in [7, 11) is 1.44. The van der Waals surface area contributed by atoms with Crippen LogP contribution >= 0.6 is 11.3 Å². The number of carboxylic acids is 1. The molecule has 1 fully saturated rings. The van der Waals surface area contributed by atoms with Gasteiger partial charge in [-0.05, 0) is 0 Å². The first kappa shape index (κ1) is 14.0. The zero-order chi connectivity index (χ0) is 14.9. The Morgan fingerprint density at radius 3 is 2.76 bits per heavy atom. The fourth-order valence-electron chi connectivity index (χ4n) is 2.41. The first-order chi connectivity index (χ1) is 10.1. The summed E-state index contributed by atoms with van der Waals surface area (Å²) in [5.74, 6) is -0.930. The van der Waals surface area contributed by atoms with E-state index in [1.165, 1.54) is 18.4 Å². The normalized spacial score (nSPS) is 21.7. The highest BCUT2D eigenvalue weighted by Crippen LogP contribution is 2.34. The second-order valence-corrected chi connectivity index (χ2v) is 5.89. The molecule has 1 aromatic heterocycles. The molecule has 2 heterocycles. The van der Waals surface area contributed by atoms with E-state index in [0.717, 1.165) is 15.7 Å². The van der Waals surface area contributed by atoms with Crippen LogP contribution in [-0.4, -0.2) is 47.1 Å². The number of carboxylic acid groups (broad SMARTS) is 1. The minimum absolute atomic E-state index is 0.294. The molecule has 0 radical (unpaired) electrons. The van der Waals surface area contributed by atoms with Crippen molar-refractivity contribution in [1.82, 2.24) is 10.2 Å². The Bertz CT molecular complexity index is 646. The van der Waals surface area contributed by atoms with Gasteiger partial charge < -0.3 is 14.7 Å². The highest BCUT2D eigenvalue weighted by molar-refractivity contribution is 7.18. The molecule has 0 aliphatic carbocycles. The fraction of sp³-hybridized carbons (Fsp3) is 0.357. The molecular formula is C14H15N3O3S. The molecular weight excluding hydrogens is 290 g/mol. The van der Waals surface area contributed by atoms with Crippen LogP contribution in [-0.2, 0) is 9.53 Å². The van der Waals surface area contributed by atoms with Crippen molar-refractivity contribution in [3.05, 3.63) is 30.3 Å². The van der Waals surface area contributed by atoms with Crippen molar-refractivity contribution >= 4 is 22.4 Å². The molecule has 1 N–H and O–H groups in total. The second kappa shape index (κ2) is 5.42.